The van der Waals surface area contributed by atoms with Crippen molar-refractivity contribution in [3.05, 3.63) is 35.9 Å². The zero-order valence-corrected chi connectivity index (χ0v) is 10.7. The van der Waals surface area contributed by atoms with Crippen LogP contribution < -0.4 is 17.3 Å². The molecule has 0 heterocycles. The highest BCUT2D eigenvalue weighted by Crippen LogP contribution is 1.96. The number of carboxylic acid groups (broad SMARTS) is 1. The molecule has 2 unspecified atom stereocenters. The summed E-state index contributed by atoms with van der Waals surface area (Å²) in [5, 5.41) is 8.95. The molecular formula is C11H16ClNO2S. The van der Waals surface area contributed by atoms with Crippen molar-refractivity contribution in [2.45, 2.75) is 12.6 Å². The van der Waals surface area contributed by atoms with Crippen LogP contribution in [0.3, 0.4) is 0 Å². The predicted molar refractivity (Wildman–Crippen MR) is 62.3 cm³/mol. The van der Waals surface area contributed by atoms with E-state index in [9.17, 15) is 4.79 Å². The third kappa shape index (κ3) is 4.43. The first-order valence-corrected chi connectivity index (χ1v) is 5.48. The second-order valence-electron chi connectivity index (χ2n) is 3.58. The molecule has 0 aromatic heterocycles. The fourth-order valence-corrected chi connectivity index (χ4v) is 1.95. The van der Waals surface area contributed by atoms with Gasteiger partial charge < -0.3 is 22.4 Å². The van der Waals surface area contributed by atoms with Gasteiger partial charge in [0.05, 0.1) is 12.8 Å². The molecule has 3 nitrogen and oxygen atoms in total. The Bertz CT molecular complexity index is 321. The van der Waals surface area contributed by atoms with Gasteiger partial charge in [-0.15, -0.1) is 0 Å². The van der Waals surface area contributed by atoms with E-state index in [1.54, 1.807) is 0 Å². The van der Waals surface area contributed by atoms with Gasteiger partial charge in [0, 0.05) is 5.56 Å². The summed E-state index contributed by atoms with van der Waals surface area (Å²) < 4.78 is 0. The number of thiol groups is 1. The lowest BCUT2D eigenvalue weighted by atomic mass is 10.2. The van der Waals surface area contributed by atoms with Crippen molar-refractivity contribution in [2.24, 2.45) is 0 Å². The first-order chi connectivity index (χ1) is 7.15. The van der Waals surface area contributed by atoms with E-state index in [2.05, 4.69) is 12.6 Å². The standard InChI is InChI=1S/C11H15NO2S.ClH/c1-12(10(8-15)11(13)14)7-9-5-3-2-4-6-9;/h2-6,10,15H,7-8H2,1H3,(H,13,14);1H. The Kier molecular flexibility index (Phi) is 7.21. The number of carbonyl (C=O) groups is 1. The van der Waals surface area contributed by atoms with E-state index in [0.29, 0.717) is 12.3 Å². The van der Waals surface area contributed by atoms with Gasteiger partial charge in [0.1, 0.15) is 6.54 Å². The summed E-state index contributed by atoms with van der Waals surface area (Å²) in [6, 6.07) is 9.42. The van der Waals surface area contributed by atoms with Gasteiger partial charge in [-0.25, -0.2) is 4.79 Å². The van der Waals surface area contributed by atoms with Crippen molar-refractivity contribution in [1.82, 2.24) is 0 Å². The number of rotatable bonds is 5. The van der Waals surface area contributed by atoms with Crippen LogP contribution in [0.15, 0.2) is 30.3 Å². The van der Waals surface area contributed by atoms with Crippen molar-refractivity contribution in [2.75, 3.05) is 12.8 Å². The number of likely N-dealkylation sites (N-methyl/N-ethyl adjacent to an activating group) is 1. The van der Waals surface area contributed by atoms with Gasteiger partial charge in [-0.2, -0.15) is 12.6 Å². The molecule has 90 valence electrons. The summed E-state index contributed by atoms with van der Waals surface area (Å²) in [5.41, 5.74) is 1.14. The Morgan fingerprint density at radius 3 is 2.44 bits per heavy atom. The first-order valence-electron chi connectivity index (χ1n) is 4.85. The lowest BCUT2D eigenvalue weighted by molar-refractivity contribution is -0.908. The number of carboxylic acids is 1. The van der Waals surface area contributed by atoms with Gasteiger partial charge in [-0.1, -0.05) is 30.3 Å². The van der Waals surface area contributed by atoms with E-state index in [0.717, 1.165) is 10.5 Å². The molecule has 1 aromatic carbocycles. The summed E-state index contributed by atoms with van der Waals surface area (Å²) in [7, 11) is 1.88. The number of nitrogens with one attached hydrogen (secondary N) is 1. The second kappa shape index (κ2) is 7.54. The molecule has 0 radical (unpaired) electrons. The van der Waals surface area contributed by atoms with Gasteiger partial charge in [-0.05, 0) is 0 Å². The van der Waals surface area contributed by atoms with E-state index < -0.39 is 12.0 Å². The third-order valence-corrected chi connectivity index (χ3v) is 2.77. The Morgan fingerprint density at radius 2 is 2.00 bits per heavy atom. The maximum atomic E-state index is 10.9. The van der Waals surface area contributed by atoms with Crippen molar-refractivity contribution in [3.63, 3.8) is 0 Å². The fourth-order valence-electron chi connectivity index (χ4n) is 1.49. The number of benzene rings is 1. The highest BCUT2D eigenvalue weighted by Gasteiger charge is 2.24. The molecule has 1 rings (SSSR count). The third-order valence-electron chi connectivity index (χ3n) is 2.40. The van der Waals surface area contributed by atoms with Gasteiger partial charge in [0.15, 0.2) is 6.04 Å². The molecule has 0 aliphatic carbocycles. The highest BCUT2D eigenvalue weighted by atomic mass is 35.5. The topological polar surface area (TPSA) is 41.7 Å². The quantitative estimate of drug-likeness (QED) is 0.498. The molecule has 2 N–H and O–H groups in total. The molecule has 5 heteroatoms. The van der Waals surface area contributed by atoms with Gasteiger partial charge >= 0.3 is 5.97 Å². The average Bonchev–Trinajstić information content (AvgIpc) is 2.19. The van der Waals surface area contributed by atoms with Crippen LogP contribution in [0.2, 0.25) is 0 Å². The molecule has 1 aromatic rings. The zero-order valence-electron chi connectivity index (χ0n) is 9.06. The Morgan fingerprint density at radius 1 is 1.44 bits per heavy atom. The smallest absolute Gasteiger partial charge is 0.363 e. The van der Waals surface area contributed by atoms with Crippen molar-refractivity contribution < 1.29 is 27.2 Å². The molecule has 16 heavy (non-hydrogen) atoms. The van der Waals surface area contributed by atoms with Crippen LogP contribution in [-0.2, 0) is 11.3 Å². The van der Waals surface area contributed by atoms with E-state index in [1.807, 2.05) is 37.4 Å². The van der Waals surface area contributed by atoms with Crippen LogP contribution in [0, 0.1) is 0 Å². The maximum absolute atomic E-state index is 10.9. The number of halogens is 1. The normalized spacial score (nSPS) is 13.6. The van der Waals surface area contributed by atoms with Crippen molar-refractivity contribution in [3.8, 4) is 0 Å². The number of aliphatic carboxylic acids is 1. The van der Waals surface area contributed by atoms with Gasteiger partial charge in [0.2, 0.25) is 0 Å². The molecule has 0 saturated heterocycles. The SMILES string of the molecule is C[NH+](Cc1ccccc1)C(CS)C(=O)O.[Cl-]. The van der Waals surface area contributed by atoms with Gasteiger partial charge in [-0.3, -0.25) is 0 Å². The van der Waals surface area contributed by atoms with E-state index >= 15 is 0 Å². The Labute approximate surface area is 107 Å². The lowest BCUT2D eigenvalue weighted by Crippen LogP contribution is -3.13. The summed E-state index contributed by atoms with van der Waals surface area (Å²) in [6.07, 6.45) is 0. The molecular weight excluding hydrogens is 246 g/mol. The minimum atomic E-state index is -0.793. The summed E-state index contributed by atoms with van der Waals surface area (Å²) >= 11 is 4.06. The highest BCUT2D eigenvalue weighted by molar-refractivity contribution is 7.80. The van der Waals surface area contributed by atoms with Crippen LogP contribution >= 0.6 is 12.6 Å². The van der Waals surface area contributed by atoms with Crippen LogP contribution in [0.4, 0.5) is 0 Å². The minimum Gasteiger partial charge on any atom is -1.00 e. The largest absolute Gasteiger partial charge is 1.00 e. The molecule has 0 bridgehead atoms. The van der Waals surface area contributed by atoms with Crippen LogP contribution in [-0.4, -0.2) is 29.9 Å². The van der Waals surface area contributed by atoms with Crippen LogP contribution in [0.5, 0.6) is 0 Å². The molecule has 0 aliphatic rings. The van der Waals surface area contributed by atoms with E-state index in [1.165, 1.54) is 0 Å². The fraction of sp³-hybridized carbons (Fsp3) is 0.364. The molecule has 0 amide bonds. The Balaban J connectivity index is 0.00000225. The first kappa shape index (κ1) is 15.3. The number of hydrogen-bond acceptors (Lipinski definition) is 2. The average molecular weight is 262 g/mol. The summed E-state index contributed by atoms with van der Waals surface area (Å²) in [5.74, 6) is -0.438. The monoisotopic (exact) mass is 261 g/mol. The van der Waals surface area contributed by atoms with Gasteiger partial charge in [0.25, 0.3) is 0 Å². The van der Waals surface area contributed by atoms with Crippen LogP contribution in [0.1, 0.15) is 5.56 Å². The lowest BCUT2D eigenvalue weighted by Gasteiger charge is -2.20. The predicted octanol–water partition coefficient (Wildman–Crippen LogP) is -2.91. The van der Waals surface area contributed by atoms with Crippen molar-refractivity contribution >= 4 is 18.6 Å². The molecule has 0 spiro atoms. The van der Waals surface area contributed by atoms with E-state index in [-0.39, 0.29) is 12.4 Å². The molecule has 0 aliphatic heterocycles. The summed E-state index contributed by atoms with van der Waals surface area (Å²) in [4.78, 5) is 11.8. The second-order valence-corrected chi connectivity index (χ2v) is 3.95. The molecule has 0 fully saturated rings. The van der Waals surface area contributed by atoms with E-state index in [4.69, 9.17) is 5.11 Å². The Hall–Kier alpha value is -0.710. The number of quaternary nitrogens is 1. The zero-order chi connectivity index (χ0) is 11.3. The molecule has 2 atom stereocenters. The molecule has 0 saturated carbocycles. The van der Waals surface area contributed by atoms with Crippen molar-refractivity contribution in [1.29, 1.82) is 0 Å². The minimum absolute atomic E-state index is 0. The maximum Gasteiger partial charge on any atom is 0.363 e. The number of hydrogen-bond donors (Lipinski definition) is 3. The van der Waals surface area contributed by atoms with Crippen LogP contribution in [0.25, 0.3) is 0 Å². The summed E-state index contributed by atoms with van der Waals surface area (Å²) in [6.45, 7) is 0.707.